The van der Waals surface area contributed by atoms with Crippen LogP contribution in [0.5, 0.6) is 0 Å². The lowest BCUT2D eigenvalue weighted by atomic mass is 10.2. The molecule has 0 spiro atoms. The molecule has 0 amide bonds. The van der Waals surface area contributed by atoms with Gasteiger partial charge in [-0.25, -0.2) is 4.98 Å². The van der Waals surface area contributed by atoms with E-state index in [1.807, 2.05) is 21.0 Å². The van der Waals surface area contributed by atoms with Gasteiger partial charge in [0.1, 0.15) is 5.01 Å². The van der Waals surface area contributed by atoms with Crippen LogP contribution in [0.2, 0.25) is 0 Å². The summed E-state index contributed by atoms with van der Waals surface area (Å²) in [6.07, 6.45) is 0. The molecule has 17 heavy (non-hydrogen) atoms. The second-order valence-corrected chi connectivity index (χ2v) is 5.45. The minimum atomic E-state index is 0.541. The van der Waals surface area contributed by atoms with Gasteiger partial charge < -0.3 is 4.90 Å². The van der Waals surface area contributed by atoms with Crippen molar-refractivity contribution in [1.82, 2.24) is 4.98 Å². The molecule has 0 unspecified atom stereocenters. The highest BCUT2D eigenvalue weighted by molar-refractivity contribution is 7.15. The fourth-order valence-corrected chi connectivity index (χ4v) is 2.85. The van der Waals surface area contributed by atoms with E-state index in [1.54, 1.807) is 11.3 Å². The van der Waals surface area contributed by atoms with Crippen molar-refractivity contribution >= 4 is 28.6 Å². The van der Waals surface area contributed by atoms with Crippen LogP contribution >= 0.6 is 22.9 Å². The monoisotopic (exact) mass is 266 g/mol. The number of hydrogen-bond donors (Lipinski definition) is 0. The van der Waals surface area contributed by atoms with E-state index in [1.165, 1.54) is 5.69 Å². The van der Waals surface area contributed by atoms with E-state index in [4.69, 9.17) is 11.6 Å². The number of rotatable bonds is 3. The summed E-state index contributed by atoms with van der Waals surface area (Å²) in [4.78, 5) is 7.78. The zero-order valence-corrected chi connectivity index (χ0v) is 11.8. The number of aromatic nitrogens is 1. The van der Waals surface area contributed by atoms with E-state index < -0.39 is 0 Å². The zero-order chi connectivity index (χ0) is 12.4. The average molecular weight is 267 g/mol. The Bertz CT molecular complexity index is 503. The number of anilines is 1. The summed E-state index contributed by atoms with van der Waals surface area (Å²) < 4.78 is 0. The van der Waals surface area contributed by atoms with E-state index in [0.717, 1.165) is 21.1 Å². The standard InChI is InChI=1S/C13H15ClN2S/c1-9-12(8-14)17-13(15-9)10-4-6-11(7-5-10)16(2)3/h4-7H,8H2,1-3H3. The van der Waals surface area contributed by atoms with Crippen LogP contribution in [0.4, 0.5) is 5.69 Å². The molecule has 2 nitrogen and oxygen atoms in total. The van der Waals surface area contributed by atoms with Gasteiger partial charge in [-0.2, -0.15) is 0 Å². The first-order valence-corrected chi connectivity index (χ1v) is 6.77. The molecule has 90 valence electrons. The van der Waals surface area contributed by atoms with Gasteiger partial charge in [-0.15, -0.1) is 22.9 Å². The molecule has 4 heteroatoms. The summed E-state index contributed by atoms with van der Waals surface area (Å²) in [6, 6.07) is 8.41. The van der Waals surface area contributed by atoms with Crippen LogP contribution in [0.1, 0.15) is 10.6 Å². The molecule has 0 saturated carbocycles. The Hall–Kier alpha value is -1.06. The molecule has 0 atom stereocenters. The summed E-state index contributed by atoms with van der Waals surface area (Å²) in [5, 5.41) is 1.04. The molecule has 0 saturated heterocycles. The molecule has 0 bridgehead atoms. The van der Waals surface area contributed by atoms with Crippen molar-refractivity contribution in [3.63, 3.8) is 0 Å². The van der Waals surface area contributed by atoms with Gasteiger partial charge in [0, 0.05) is 30.2 Å². The van der Waals surface area contributed by atoms with Crippen LogP contribution in [0.15, 0.2) is 24.3 Å². The largest absolute Gasteiger partial charge is 0.378 e. The fourth-order valence-electron chi connectivity index (χ4n) is 1.58. The molecule has 0 radical (unpaired) electrons. The Morgan fingerprint density at radius 2 is 1.88 bits per heavy atom. The van der Waals surface area contributed by atoms with Crippen LogP contribution < -0.4 is 4.90 Å². The number of nitrogens with zero attached hydrogens (tertiary/aromatic N) is 2. The Morgan fingerprint density at radius 3 is 2.35 bits per heavy atom. The van der Waals surface area contributed by atoms with Gasteiger partial charge in [-0.1, -0.05) is 0 Å². The van der Waals surface area contributed by atoms with E-state index in [2.05, 4.69) is 34.1 Å². The number of thiazole rings is 1. The predicted octanol–water partition coefficient (Wildman–Crippen LogP) is 3.92. The molecular weight excluding hydrogens is 252 g/mol. The fraction of sp³-hybridized carbons (Fsp3) is 0.308. The highest BCUT2D eigenvalue weighted by Crippen LogP contribution is 2.29. The maximum atomic E-state index is 5.86. The summed E-state index contributed by atoms with van der Waals surface area (Å²) >= 11 is 7.53. The number of aryl methyl sites for hydroxylation is 1. The Labute approximate surface area is 111 Å². The van der Waals surface area contributed by atoms with Crippen molar-refractivity contribution < 1.29 is 0 Å². The summed E-state index contributed by atoms with van der Waals surface area (Å²) in [5.74, 6) is 0.541. The summed E-state index contributed by atoms with van der Waals surface area (Å²) in [7, 11) is 4.07. The van der Waals surface area contributed by atoms with Crippen molar-refractivity contribution in [2.45, 2.75) is 12.8 Å². The maximum Gasteiger partial charge on any atom is 0.123 e. The third kappa shape index (κ3) is 2.61. The van der Waals surface area contributed by atoms with E-state index in [9.17, 15) is 0 Å². The van der Waals surface area contributed by atoms with Crippen molar-refractivity contribution in [1.29, 1.82) is 0 Å². The molecule has 2 rings (SSSR count). The van der Waals surface area contributed by atoms with Gasteiger partial charge in [-0.05, 0) is 31.2 Å². The molecule has 0 fully saturated rings. The third-order valence-corrected chi connectivity index (χ3v) is 4.28. The number of benzene rings is 1. The SMILES string of the molecule is Cc1nc(-c2ccc(N(C)C)cc2)sc1CCl. The zero-order valence-electron chi connectivity index (χ0n) is 10.2. The average Bonchev–Trinajstić information content (AvgIpc) is 2.70. The van der Waals surface area contributed by atoms with Crippen LogP contribution in [-0.2, 0) is 5.88 Å². The maximum absolute atomic E-state index is 5.86. The summed E-state index contributed by atoms with van der Waals surface area (Å²) in [6.45, 7) is 2.01. The van der Waals surface area contributed by atoms with Gasteiger partial charge in [0.05, 0.1) is 11.6 Å². The molecule has 2 aromatic rings. The van der Waals surface area contributed by atoms with Gasteiger partial charge in [0.2, 0.25) is 0 Å². The quantitative estimate of drug-likeness (QED) is 0.783. The number of hydrogen-bond acceptors (Lipinski definition) is 3. The van der Waals surface area contributed by atoms with Crippen LogP contribution in [0.25, 0.3) is 10.6 Å². The van der Waals surface area contributed by atoms with Gasteiger partial charge in [0.25, 0.3) is 0 Å². The lowest BCUT2D eigenvalue weighted by Gasteiger charge is -2.11. The predicted molar refractivity (Wildman–Crippen MR) is 76.2 cm³/mol. The molecule has 0 aliphatic heterocycles. The topological polar surface area (TPSA) is 16.1 Å². The van der Waals surface area contributed by atoms with Gasteiger partial charge in [0.15, 0.2) is 0 Å². The number of halogens is 1. The lowest BCUT2D eigenvalue weighted by molar-refractivity contribution is 1.13. The molecule has 0 aliphatic rings. The molecule has 1 aromatic carbocycles. The smallest absolute Gasteiger partial charge is 0.123 e. The second kappa shape index (κ2) is 5.07. The van der Waals surface area contributed by atoms with Crippen LogP contribution in [0.3, 0.4) is 0 Å². The first-order valence-electron chi connectivity index (χ1n) is 5.42. The van der Waals surface area contributed by atoms with Crippen molar-refractivity contribution in [2.75, 3.05) is 19.0 Å². The molecule has 1 aromatic heterocycles. The van der Waals surface area contributed by atoms with E-state index in [0.29, 0.717) is 5.88 Å². The lowest BCUT2D eigenvalue weighted by Crippen LogP contribution is -2.07. The van der Waals surface area contributed by atoms with Crippen LogP contribution in [0, 0.1) is 6.92 Å². The minimum Gasteiger partial charge on any atom is -0.378 e. The highest BCUT2D eigenvalue weighted by atomic mass is 35.5. The number of alkyl halides is 1. The van der Waals surface area contributed by atoms with Crippen molar-refractivity contribution in [2.24, 2.45) is 0 Å². The van der Waals surface area contributed by atoms with Gasteiger partial charge >= 0.3 is 0 Å². The minimum absolute atomic E-state index is 0.541. The Morgan fingerprint density at radius 1 is 1.24 bits per heavy atom. The van der Waals surface area contributed by atoms with E-state index >= 15 is 0 Å². The van der Waals surface area contributed by atoms with E-state index in [-0.39, 0.29) is 0 Å². The first kappa shape index (κ1) is 12.4. The highest BCUT2D eigenvalue weighted by Gasteiger charge is 2.08. The third-order valence-electron chi connectivity index (χ3n) is 2.64. The van der Waals surface area contributed by atoms with Gasteiger partial charge in [-0.3, -0.25) is 0 Å². The van der Waals surface area contributed by atoms with Crippen LogP contribution in [-0.4, -0.2) is 19.1 Å². The summed E-state index contributed by atoms with van der Waals surface area (Å²) in [5.41, 5.74) is 3.39. The normalized spacial score (nSPS) is 10.6. The van der Waals surface area contributed by atoms with Crippen molar-refractivity contribution in [3.8, 4) is 10.6 Å². The first-order chi connectivity index (χ1) is 8.11. The van der Waals surface area contributed by atoms with Crippen molar-refractivity contribution in [3.05, 3.63) is 34.8 Å². The Balaban J connectivity index is 2.33. The Kier molecular flexibility index (Phi) is 3.69. The molecular formula is C13H15ClN2S. The second-order valence-electron chi connectivity index (χ2n) is 4.10. The molecule has 1 heterocycles. The molecule has 0 aliphatic carbocycles. The molecule has 0 N–H and O–H groups in total.